The molecule has 0 aliphatic heterocycles. The Kier molecular flexibility index (Phi) is 1.65. The summed E-state index contributed by atoms with van der Waals surface area (Å²) >= 11 is 0. The van der Waals surface area contributed by atoms with Gasteiger partial charge in [-0.3, -0.25) is 0 Å². The summed E-state index contributed by atoms with van der Waals surface area (Å²) in [5.41, 5.74) is 1.12. The summed E-state index contributed by atoms with van der Waals surface area (Å²) < 4.78 is 0. The van der Waals surface area contributed by atoms with Crippen LogP contribution in [-0.2, 0) is 0 Å². The summed E-state index contributed by atoms with van der Waals surface area (Å²) in [5.74, 6) is 0. The number of rotatable bonds is 2. The SMILES string of the molecule is O=[NH+]N[N+](=O)[O-]. The molecular weight excluding hydrogens is 90.0 g/mol. The Morgan fingerprint density at radius 3 is 2.33 bits per heavy atom. The Hall–Kier alpha value is -1.20. The largest absolute Gasteiger partial charge is 0.230 e. The van der Waals surface area contributed by atoms with Crippen LogP contribution in [0.3, 0.4) is 0 Å². The first-order valence-electron chi connectivity index (χ1n) is 1.04. The molecule has 2 N–H and O–H groups in total. The van der Waals surface area contributed by atoms with Crippen molar-refractivity contribution in [3.8, 4) is 0 Å². The van der Waals surface area contributed by atoms with Crippen molar-refractivity contribution in [1.82, 2.24) is 5.53 Å². The van der Waals surface area contributed by atoms with Crippen molar-refractivity contribution in [1.29, 1.82) is 0 Å². The van der Waals surface area contributed by atoms with Gasteiger partial charge in [-0.05, 0) is 0 Å². The topological polar surface area (TPSA) is 86.2 Å². The van der Waals surface area contributed by atoms with E-state index in [4.69, 9.17) is 15.0 Å². The fourth-order valence-corrected chi connectivity index (χ4v) is 0.0373. The maximum atomic E-state index is 9.03. The zero-order valence-corrected chi connectivity index (χ0v) is 2.67. The van der Waals surface area contributed by atoms with Crippen LogP contribution in [0.1, 0.15) is 0 Å². The minimum absolute atomic E-state index is 0.868. The molecule has 0 aromatic rings. The minimum atomic E-state index is -0.993. The Labute approximate surface area is 32.2 Å². The number of hydrogen-bond acceptors (Lipinski definition) is 3. The molecule has 0 radical (unpaired) electrons. The van der Waals surface area contributed by atoms with Crippen molar-refractivity contribution in [3.05, 3.63) is 15.0 Å². The molecule has 6 heavy (non-hydrogen) atoms. The molecule has 0 heterocycles. The van der Waals surface area contributed by atoms with Crippen molar-refractivity contribution in [3.63, 3.8) is 0 Å². The fraction of sp³-hybridized carbons (Fsp3) is 0. The maximum absolute atomic E-state index is 9.03. The predicted molar refractivity (Wildman–Crippen MR) is 14.5 cm³/mol. The van der Waals surface area contributed by atoms with E-state index in [0.717, 1.165) is 10.8 Å². The van der Waals surface area contributed by atoms with Crippen LogP contribution in [0.5, 0.6) is 0 Å². The van der Waals surface area contributed by atoms with Gasteiger partial charge in [0.1, 0.15) is 5.53 Å². The molecule has 0 spiro atoms. The first-order chi connectivity index (χ1) is 2.77. The Bertz CT molecular complexity index is 66.4. The first kappa shape index (κ1) is 4.80. The molecule has 0 saturated carbocycles. The number of nitrogens with one attached hydrogen (secondary N) is 2. The first-order valence-corrected chi connectivity index (χ1v) is 1.04. The molecule has 0 aromatic heterocycles. The molecule has 0 aromatic carbocycles. The van der Waals surface area contributed by atoms with E-state index >= 15 is 0 Å². The lowest BCUT2D eigenvalue weighted by Crippen LogP contribution is -2.78. The third-order valence-electron chi connectivity index (χ3n) is 0.137. The van der Waals surface area contributed by atoms with Gasteiger partial charge in [0, 0.05) is 0 Å². The Morgan fingerprint density at radius 1 is 1.83 bits per heavy atom. The molecule has 0 amide bonds. The molecule has 0 aliphatic rings. The van der Waals surface area contributed by atoms with E-state index in [0.29, 0.717) is 0 Å². The predicted octanol–water partition coefficient (Wildman–Crippen LogP) is -2.47. The number of hydrazine groups is 2. The summed E-state index contributed by atoms with van der Waals surface area (Å²) in [6, 6.07) is 0. The van der Waals surface area contributed by atoms with Crippen LogP contribution < -0.4 is 10.8 Å². The van der Waals surface area contributed by atoms with Crippen molar-refractivity contribution < 1.29 is 10.3 Å². The maximum Gasteiger partial charge on any atom is 0.218 e. The molecule has 0 bridgehead atoms. The van der Waals surface area contributed by atoms with Crippen molar-refractivity contribution in [2.24, 2.45) is 0 Å². The standard InChI is InChI=1S/HN3O3/c4-2-1-3(5)6/h(H,1,4)/p+1. The van der Waals surface area contributed by atoms with E-state index in [-0.39, 0.29) is 0 Å². The van der Waals surface area contributed by atoms with E-state index in [1.54, 1.807) is 0 Å². The van der Waals surface area contributed by atoms with Crippen LogP contribution in [0, 0.1) is 15.0 Å². The Morgan fingerprint density at radius 2 is 2.33 bits per heavy atom. The quantitative estimate of drug-likeness (QED) is 0.292. The van der Waals surface area contributed by atoms with Gasteiger partial charge in [0.15, 0.2) is 5.29 Å². The summed E-state index contributed by atoms with van der Waals surface area (Å²) in [5, 5.41) is 8.91. The summed E-state index contributed by atoms with van der Waals surface area (Å²) in [6.07, 6.45) is 0. The summed E-state index contributed by atoms with van der Waals surface area (Å²) in [6.45, 7) is 0. The molecule has 0 saturated heterocycles. The lowest BCUT2D eigenvalue weighted by atomic mass is 12.4. The highest BCUT2D eigenvalue weighted by atomic mass is 16.7. The average molecular weight is 92.0 g/mol. The van der Waals surface area contributed by atoms with Gasteiger partial charge in [-0.15, -0.1) is 0 Å². The third-order valence-corrected chi connectivity index (χ3v) is 0.137. The van der Waals surface area contributed by atoms with E-state index in [9.17, 15) is 0 Å². The van der Waals surface area contributed by atoms with Gasteiger partial charge in [0.2, 0.25) is 5.03 Å². The lowest BCUT2D eigenvalue weighted by Gasteiger charge is -1.67. The van der Waals surface area contributed by atoms with E-state index < -0.39 is 5.03 Å². The van der Waals surface area contributed by atoms with Crippen molar-refractivity contribution in [2.45, 2.75) is 0 Å². The highest BCUT2D eigenvalue weighted by Gasteiger charge is 1.88. The lowest BCUT2D eigenvalue weighted by molar-refractivity contribution is -0.786. The second-order valence-corrected chi connectivity index (χ2v) is 0.471. The molecular formula is H2N3O3+. The highest BCUT2D eigenvalue weighted by molar-refractivity contribution is 3.89. The van der Waals surface area contributed by atoms with Gasteiger partial charge in [0.05, 0.1) is 4.91 Å². The average Bonchev–Trinajstić information content (AvgIpc) is 1.35. The molecule has 0 rings (SSSR count). The Balaban J connectivity index is 3.05. The monoisotopic (exact) mass is 92.0 g/mol. The van der Waals surface area contributed by atoms with Crippen LogP contribution in [0.2, 0.25) is 0 Å². The van der Waals surface area contributed by atoms with Crippen LogP contribution in [-0.4, -0.2) is 5.03 Å². The molecule has 0 aliphatic carbocycles. The normalized spacial score (nSPS) is 6.67. The van der Waals surface area contributed by atoms with Gasteiger partial charge < -0.3 is 0 Å². The second kappa shape index (κ2) is 2.06. The molecule has 6 nitrogen and oxygen atoms in total. The van der Waals surface area contributed by atoms with Crippen LogP contribution >= 0.6 is 0 Å². The molecule has 34 valence electrons. The van der Waals surface area contributed by atoms with Crippen LogP contribution in [0.15, 0.2) is 0 Å². The zero-order chi connectivity index (χ0) is 4.99. The minimum Gasteiger partial charge on any atom is -0.230 e. The zero-order valence-electron chi connectivity index (χ0n) is 2.67. The molecule has 0 unspecified atom stereocenters. The van der Waals surface area contributed by atoms with Gasteiger partial charge in [-0.25, -0.2) is 10.1 Å². The van der Waals surface area contributed by atoms with Gasteiger partial charge in [-0.2, -0.15) is 0 Å². The molecule has 0 atom stereocenters. The number of hydrogen-bond donors (Lipinski definition) is 2. The fourth-order valence-electron chi connectivity index (χ4n) is 0.0373. The molecule has 0 fully saturated rings. The highest BCUT2D eigenvalue weighted by Crippen LogP contribution is 1.37. The smallest absolute Gasteiger partial charge is 0.218 e. The summed E-state index contributed by atoms with van der Waals surface area (Å²) in [7, 11) is 0. The van der Waals surface area contributed by atoms with Gasteiger partial charge in [-0.1, -0.05) is 0 Å². The van der Waals surface area contributed by atoms with Crippen LogP contribution in [0.4, 0.5) is 0 Å². The third kappa shape index (κ3) is 2.80. The van der Waals surface area contributed by atoms with Crippen molar-refractivity contribution in [2.75, 3.05) is 0 Å². The second-order valence-electron chi connectivity index (χ2n) is 0.471. The number of nitrogens with zero attached hydrogens (tertiary/aromatic N) is 1. The van der Waals surface area contributed by atoms with E-state index in [1.807, 2.05) is 0 Å². The number of nitro groups is 1. The summed E-state index contributed by atoms with van der Waals surface area (Å²) in [4.78, 5) is 18.0. The molecule has 6 heteroatoms. The van der Waals surface area contributed by atoms with Crippen molar-refractivity contribution >= 4 is 0 Å². The number of nitroso groups, excluding NO2 is 1. The van der Waals surface area contributed by atoms with Crippen LogP contribution in [0.25, 0.3) is 0 Å². The van der Waals surface area contributed by atoms with E-state index in [2.05, 4.69) is 0 Å². The van der Waals surface area contributed by atoms with Gasteiger partial charge in [0.25, 0.3) is 0 Å². The van der Waals surface area contributed by atoms with E-state index in [1.165, 1.54) is 0 Å². The van der Waals surface area contributed by atoms with Gasteiger partial charge >= 0.3 is 0 Å².